The SMILES string of the molecule is Cc1nn(CC(=O)N2CCC(c3ccc(F)cc3)C2)c(=O)c2ccccc12. The molecule has 1 unspecified atom stereocenters. The first-order chi connectivity index (χ1) is 13.0. The molecular weight excluding hydrogens is 345 g/mol. The number of likely N-dealkylation sites (tertiary alicyclic amines) is 1. The molecule has 0 radical (unpaired) electrons. The van der Waals surface area contributed by atoms with Gasteiger partial charge in [0.2, 0.25) is 5.91 Å². The van der Waals surface area contributed by atoms with Crippen LogP contribution in [0.1, 0.15) is 23.6 Å². The number of carbonyl (C=O) groups excluding carboxylic acids is 1. The summed E-state index contributed by atoms with van der Waals surface area (Å²) < 4.78 is 14.4. The number of fused-ring (bicyclic) bond motifs is 1. The van der Waals surface area contributed by atoms with Crippen molar-refractivity contribution >= 4 is 16.7 Å². The number of hydrogen-bond acceptors (Lipinski definition) is 3. The van der Waals surface area contributed by atoms with Crippen molar-refractivity contribution in [1.29, 1.82) is 0 Å². The van der Waals surface area contributed by atoms with E-state index in [2.05, 4.69) is 5.10 Å². The molecule has 2 aromatic carbocycles. The van der Waals surface area contributed by atoms with Crippen molar-refractivity contribution in [3.05, 3.63) is 76.0 Å². The topological polar surface area (TPSA) is 55.2 Å². The van der Waals surface area contributed by atoms with Gasteiger partial charge in [-0.15, -0.1) is 0 Å². The number of benzene rings is 2. The molecule has 4 rings (SSSR count). The monoisotopic (exact) mass is 365 g/mol. The molecule has 1 aliphatic heterocycles. The molecule has 5 nitrogen and oxygen atoms in total. The summed E-state index contributed by atoms with van der Waals surface area (Å²) in [6, 6.07) is 13.7. The van der Waals surface area contributed by atoms with Gasteiger partial charge in [0.15, 0.2) is 0 Å². The summed E-state index contributed by atoms with van der Waals surface area (Å²) in [6.07, 6.45) is 0.830. The average Bonchev–Trinajstić information content (AvgIpc) is 3.17. The highest BCUT2D eigenvalue weighted by molar-refractivity contribution is 5.83. The number of nitrogens with zero attached hydrogens (tertiary/aromatic N) is 3. The number of hydrogen-bond donors (Lipinski definition) is 0. The van der Waals surface area contributed by atoms with Gasteiger partial charge in [0.25, 0.3) is 5.56 Å². The Kier molecular flexibility index (Phi) is 4.48. The van der Waals surface area contributed by atoms with E-state index in [1.165, 1.54) is 16.8 Å². The molecular formula is C21H20FN3O2. The number of rotatable bonds is 3. The van der Waals surface area contributed by atoms with Crippen LogP contribution >= 0.6 is 0 Å². The molecule has 1 atom stereocenters. The lowest BCUT2D eigenvalue weighted by Crippen LogP contribution is -2.36. The summed E-state index contributed by atoms with van der Waals surface area (Å²) in [5.74, 6) is -0.191. The summed E-state index contributed by atoms with van der Waals surface area (Å²) in [5, 5.41) is 5.70. The predicted molar refractivity (Wildman–Crippen MR) is 101 cm³/mol. The summed E-state index contributed by atoms with van der Waals surface area (Å²) >= 11 is 0. The quantitative estimate of drug-likeness (QED) is 0.717. The highest BCUT2D eigenvalue weighted by atomic mass is 19.1. The van der Waals surface area contributed by atoms with Crippen molar-refractivity contribution in [3.63, 3.8) is 0 Å². The summed E-state index contributed by atoms with van der Waals surface area (Å²) in [5.41, 5.74) is 1.51. The highest BCUT2D eigenvalue weighted by Crippen LogP contribution is 2.27. The van der Waals surface area contributed by atoms with Crippen LogP contribution in [0.2, 0.25) is 0 Å². The van der Waals surface area contributed by atoms with Crippen molar-refractivity contribution in [2.45, 2.75) is 25.8 Å². The Labute approximate surface area is 156 Å². The van der Waals surface area contributed by atoms with Crippen LogP contribution in [0.25, 0.3) is 10.8 Å². The molecule has 6 heteroatoms. The standard InChI is InChI=1S/C21H20FN3O2/c1-14-18-4-2-3-5-19(18)21(27)25(23-14)13-20(26)24-11-10-16(12-24)15-6-8-17(22)9-7-15/h2-9,16H,10-13H2,1H3. The minimum atomic E-state index is -0.262. The second-order valence-electron chi connectivity index (χ2n) is 6.97. The summed E-state index contributed by atoms with van der Waals surface area (Å²) in [6.45, 7) is 2.97. The van der Waals surface area contributed by atoms with Crippen LogP contribution in [-0.4, -0.2) is 33.7 Å². The van der Waals surface area contributed by atoms with Crippen LogP contribution in [0.4, 0.5) is 4.39 Å². The van der Waals surface area contributed by atoms with Crippen LogP contribution in [0, 0.1) is 12.7 Å². The van der Waals surface area contributed by atoms with Gasteiger partial charge < -0.3 is 4.90 Å². The van der Waals surface area contributed by atoms with Gasteiger partial charge in [-0.3, -0.25) is 9.59 Å². The maximum atomic E-state index is 13.1. The fourth-order valence-corrected chi connectivity index (χ4v) is 3.73. The zero-order valence-electron chi connectivity index (χ0n) is 15.1. The lowest BCUT2D eigenvalue weighted by Gasteiger charge is -2.17. The second kappa shape index (κ2) is 6.95. The predicted octanol–water partition coefficient (Wildman–Crippen LogP) is 2.86. The fraction of sp³-hybridized carbons (Fsp3) is 0.286. The zero-order valence-corrected chi connectivity index (χ0v) is 15.1. The summed E-state index contributed by atoms with van der Waals surface area (Å²) in [4.78, 5) is 27.1. The fourth-order valence-electron chi connectivity index (χ4n) is 3.73. The largest absolute Gasteiger partial charge is 0.340 e. The lowest BCUT2D eigenvalue weighted by atomic mass is 9.99. The smallest absolute Gasteiger partial charge is 0.275 e. The van der Waals surface area contributed by atoms with E-state index in [1.54, 1.807) is 23.1 Å². The maximum Gasteiger partial charge on any atom is 0.275 e. The van der Waals surface area contributed by atoms with Gasteiger partial charge in [0.05, 0.1) is 11.1 Å². The number of halogens is 1. The van der Waals surface area contributed by atoms with E-state index >= 15 is 0 Å². The molecule has 0 saturated carbocycles. The molecule has 3 aromatic rings. The van der Waals surface area contributed by atoms with Crippen LogP contribution < -0.4 is 5.56 Å². The average molecular weight is 365 g/mol. The van der Waals surface area contributed by atoms with Crippen LogP contribution in [0.3, 0.4) is 0 Å². The first-order valence-electron chi connectivity index (χ1n) is 9.02. The second-order valence-corrected chi connectivity index (χ2v) is 6.97. The third-order valence-corrected chi connectivity index (χ3v) is 5.22. The van der Waals surface area contributed by atoms with Gasteiger partial charge in [-0.1, -0.05) is 30.3 Å². The van der Waals surface area contributed by atoms with E-state index < -0.39 is 0 Å². The third kappa shape index (κ3) is 3.35. The van der Waals surface area contributed by atoms with Crippen molar-refractivity contribution < 1.29 is 9.18 Å². The Morgan fingerprint density at radius 1 is 1.15 bits per heavy atom. The zero-order chi connectivity index (χ0) is 19.0. The number of amides is 1. The van der Waals surface area contributed by atoms with E-state index in [9.17, 15) is 14.0 Å². The van der Waals surface area contributed by atoms with Crippen molar-refractivity contribution in [3.8, 4) is 0 Å². The van der Waals surface area contributed by atoms with Gasteiger partial charge >= 0.3 is 0 Å². The Balaban J connectivity index is 1.52. The van der Waals surface area contributed by atoms with Gasteiger partial charge in [-0.05, 0) is 37.1 Å². The molecule has 1 aliphatic rings. The molecule has 1 fully saturated rings. The molecule has 0 bridgehead atoms. The van der Waals surface area contributed by atoms with Crippen molar-refractivity contribution in [1.82, 2.24) is 14.7 Å². The van der Waals surface area contributed by atoms with Crippen LogP contribution in [0.5, 0.6) is 0 Å². The molecule has 0 aliphatic carbocycles. The van der Waals surface area contributed by atoms with Crippen LogP contribution in [-0.2, 0) is 11.3 Å². The van der Waals surface area contributed by atoms with Gasteiger partial charge in [-0.25, -0.2) is 9.07 Å². The molecule has 1 saturated heterocycles. The Hall–Kier alpha value is -3.02. The lowest BCUT2D eigenvalue weighted by molar-refractivity contribution is -0.131. The van der Waals surface area contributed by atoms with E-state index in [4.69, 9.17) is 0 Å². The molecule has 138 valence electrons. The Morgan fingerprint density at radius 2 is 1.85 bits per heavy atom. The number of carbonyl (C=O) groups is 1. The molecule has 1 amide bonds. The maximum absolute atomic E-state index is 13.1. The normalized spacial score (nSPS) is 16.8. The number of aromatic nitrogens is 2. The van der Waals surface area contributed by atoms with Crippen molar-refractivity contribution in [2.24, 2.45) is 0 Å². The van der Waals surface area contributed by atoms with Gasteiger partial charge in [-0.2, -0.15) is 5.10 Å². The minimum Gasteiger partial charge on any atom is -0.340 e. The minimum absolute atomic E-state index is 0.0688. The molecule has 27 heavy (non-hydrogen) atoms. The molecule has 0 spiro atoms. The Morgan fingerprint density at radius 3 is 2.59 bits per heavy atom. The highest BCUT2D eigenvalue weighted by Gasteiger charge is 2.27. The van der Waals surface area contributed by atoms with Crippen molar-refractivity contribution in [2.75, 3.05) is 13.1 Å². The molecule has 0 N–H and O–H groups in total. The molecule has 1 aromatic heterocycles. The van der Waals surface area contributed by atoms with E-state index in [1.807, 2.05) is 25.1 Å². The van der Waals surface area contributed by atoms with Crippen LogP contribution in [0.15, 0.2) is 53.3 Å². The van der Waals surface area contributed by atoms with E-state index in [-0.39, 0.29) is 29.7 Å². The van der Waals surface area contributed by atoms with Gasteiger partial charge in [0, 0.05) is 24.4 Å². The van der Waals surface area contributed by atoms with Gasteiger partial charge in [0.1, 0.15) is 12.4 Å². The Bertz CT molecular complexity index is 1060. The first kappa shape index (κ1) is 17.4. The van der Waals surface area contributed by atoms with E-state index in [0.717, 1.165) is 23.1 Å². The summed E-state index contributed by atoms with van der Waals surface area (Å²) in [7, 11) is 0. The number of aryl methyl sites for hydroxylation is 1. The molecule has 2 heterocycles. The third-order valence-electron chi connectivity index (χ3n) is 5.22. The first-order valence-corrected chi connectivity index (χ1v) is 9.02. The van der Waals surface area contributed by atoms with E-state index in [0.29, 0.717) is 18.5 Å².